The van der Waals surface area contributed by atoms with Gasteiger partial charge in [0.1, 0.15) is 0 Å². The summed E-state index contributed by atoms with van der Waals surface area (Å²) in [5.74, 6) is 0.365. The number of carbonyl (C=O) groups is 1. The Morgan fingerprint density at radius 3 is 2.67 bits per heavy atom. The number of carbonyl (C=O) groups excluding carboxylic acids is 1. The summed E-state index contributed by atoms with van der Waals surface area (Å²) < 4.78 is 3.47. The second-order valence-corrected chi connectivity index (χ2v) is 8.46. The molecule has 0 aliphatic carbocycles. The summed E-state index contributed by atoms with van der Waals surface area (Å²) in [5.41, 5.74) is 3.44. The molecule has 0 bridgehead atoms. The van der Waals surface area contributed by atoms with Gasteiger partial charge in [-0.1, -0.05) is 36.0 Å². The molecule has 154 valence electrons. The zero-order valence-electron chi connectivity index (χ0n) is 17.3. The lowest BCUT2D eigenvalue weighted by Crippen LogP contribution is -2.30. The first-order chi connectivity index (χ1) is 14.4. The Kier molecular flexibility index (Phi) is 5.34. The van der Waals surface area contributed by atoms with Crippen molar-refractivity contribution in [2.24, 2.45) is 0 Å². The van der Waals surface area contributed by atoms with Crippen molar-refractivity contribution in [3.05, 3.63) is 63.9 Å². The van der Waals surface area contributed by atoms with Gasteiger partial charge >= 0.3 is 0 Å². The first-order valence-corrected chi connectivity index (χ1v) is 10.7. The van der Waals surface area contributed by atoms with E-state index in [-0.39, 0.29) is 16.7 Å². The van der Waals surface area contributed by atoms with Gasteiger partial charge < -0.3 is 5.32 Å². The highest BCUT2D eigenvalue weighted by Crippen LogP contribution is 2.27. The molecule has 1 N–H and O–H groups in total. The Morgan fingerprint density at radius 2 is 1.90 bits per heavy atom. The molecule has 1 amide bonds. The highest BCUT2D eigenvalue weighted by atomic mass is 32.2. The van der Waals surface area contributed by atoms with Gasteiger partial charge in [-0.05, 0) is 57.0 Å². The van der Waals surface area contributed by atoms with Crippen molar-refractivity contribution in [1.29, 1.82) is 0 Å². The first kappa shape index (κ1) is 20.2. The molecule has 2 aromatic heterocycles. The molecule has 0 saturated heterocycles. The van der Waals surface area contributed by atoms with Crippen LogP contribution >= 0.6 is 11.8 Å². The van der Waals surface area contributed by atoms with Crippen LogP contribution in [0.2, 0.25) is 0 Å². The summed E-state index contributed by atoms with van der Waals surface area (Å²) in [4.78, 5) is 25.7. The maximum atomic E-state index is 13.4. The number of hydrogen-bond acceptors (Lipinski definition) is 5. The number of rotatable bonds is 5. The molecule has 30 heavy (non-hydrogen) atoms. The number of hydrogen-bond donors (Lipinski definition) is 1. The standard InChI is InChI=1S/C22H23N5O2S/c1-5-23-19(28)15(4)30-22-25-24-21-26(17-12-8-9-13(2)14(17)3)20(29)16-10-6-7-11-18(16)27(21)22/h6-12,15H,5H2,1-4H3,(H,23,28). The maximum Gasteiger partial charge on any atom is 0.267 e. The van der Waals surface area contributed by atoms with E-state index < -0.39 is 0 Å². The van der Waals surface area contributed by atoms with Gasteiger partial charge in [0.15, 0.2) is 5.16 Å². The fraction of sp³-hybridized carbons (Fsp3) is 0.273. The van der Waals surface area contributed by atoms with E-state index in [1.165, 1.54) is 11.8 Å². The van der Waals surface area contributed by atoms with Crippen LogP contribution in [0.25, 0.3) is 22.4 Å². The number of nitrogens with one attached hydrogen (secondary N) is 1. The molecule has 4 rings (SSSR count). The van der Waals surface area contributed by atoms with E-state index in [0.717, 1.165) is 22.3 Å². The van der Waals surface area contributed by atoms with E-state index in [1.807, 2.05) is 68.5 Å². The number of nitrogens with zero attached hydrogens (tertiary/aromatic N) is 4. The minimum absolute atomic E-state index is 0.0635. The van der Waals surface area contributed by atoms with E-state index in [2.05, 4.69) is 15.5 Å². The van der Waals surface area contributed by atoms with Crippen LogP contribution in [0.15, 0.2) is 52.4 Å². The average molecular weight is 422 g/mol. The molecule has 0 aliphatic heterocycles. The van der Waals surface area contributed by atoms with E-state index in [0.29, 0.717) is 22.9 Å². The number of para-hydroxylation sites is 1. The molecular weight excluding hydrogens is 398 g/mol. The van der Waals surface area contributed by atoms with Crippen molar-refractivity contribution >= 4 is 34.3 Å². The predicted molar refractivity (Wildman–Crippen MR) is 120 cm³/mol. The zero-order valence-corrected chi connectivity index (χ0v) is 18.2. The molecule has 0 saturated carbocycles. The Morgan fingerprint density at radius 1 is 1.13 bits per heavy atom. The number of thioether (sulfide) groups is 1. The summed E-state index contributed by atoms with van der Waals surface area (Å²) in [5, 5.41) is 12.3. The molecule has 8 heteroatoms. The van der Waals surface area contributed by atoms with Crippen LogP contribution in [0.4, 0.5) is 0 Å². The molecule has 1 atom stereocenters. The van der Waals surface area contributed by atoms with Crippen molar-refractivity contribution in [3.8, 4) is 5.69 Å². The molecule has 0 spiro atoms. The van der Waals surface area contributed by atoms with Crippen LogP contribution in [-0.4, -0.2) is 36.9 Å². The lowest BCUT2D eigenvalue weighted by Gasteiger charge is -2.15. The third kappa shape index (κ3) is 3.27. The second kappa shape index (κ2) is 7.95. The molecule has 0 fully saturated rings. The Bertz CT molecular complexity index is 1320. The van der Waals surface area contributed by atoms with Crippen molar-refractivity contribution < 1.29 is 4.79 Å². The number of benzene rings is 2. The highest BCUT2D eigenvalue weighted by molar-refractivity contribution is 8.00. The van der Waals surface area contributed by atoms with E-state index >= 15 is 0 Å². The van der Waals surface area contributed by atoms with Gasteiger partial charge in [0, 0.05) is 6.54 Å². The Labute approximate surface area is 178 Å². The molecule has 0 aliphatic rings. The number of aryl methyl sites for hydroxylation is 1. The summed E-state index contributed by atoms with van der Waals surface area (Å²) in [6.07, 6.45) is 0. The monoisotopic (exact) mass is 421 g/mol. The smallest absolute Gasteiger partial charge is 0.267 e. The van der Waals surface area contributed by atoms with E-state index in [4.69, 9.17) is 0 Å². The van der Waals surface area contributed by atoms with Gasteiger partial charge in [0.05, 0.1) is 21.8 Å². The maximum absolute atomic E-state index is 13.4. The Balaban J connectivity index is 2.01. The van der Waals surface area contributed by atoms with Gasteiger partial charge in [-0.15, -0.1) is 10.2 Å². The minimum atomic E-state index is -0.350. The SMILES string of the molecule is CCNC(=O)C(C)Sc1nnc2n(-c3cccc(C)c3C)c(=O)c3ccccc3n12. The van der Waals surface area contributed by atoms with Crippen LogP contribution < -0.4 is 10.9 Å². The topological polar surface area (TPSA) is 81.3 Å². The highest BCUT2D eigenvalue weighted by Gasteiger charge is 2.22. The first-order valence-electron chi connectivity index (χ1n) is 9.83. The molecule has 2 aromatic carbocycles. The third-order valence-corrected chi connectivity index (χ3v) is 6.26. The molecular formula is C22H23N5O2S. The van der Waals surface area contributed by atoms with Crippen molar-refractivity contribution in [1.82, 2.24) is 24.5 Å². The number of fused-ring (bicyclic) bond motifs is 3. The molecule has 4 aromatic rings. The zero-order chi connectivity index (χ0) is 21.4. The van der Waals surface area contributed by atoms with Crippen molar-refractivity contribution in [3.63, 3.8) is 0 Å². The second-order valence-electron chi connectivity index (χ2n) is 7.15. The molecule has 1 unspecified atom stereocenters. The van der Waals surface area contributed by atoms with Crippen LogP contribution in [0.3, 0.4) is 0 Å². The van der Waals surface area contributed by atoms with Gasteiger partial charge in [0.25, 0.3) is 5.56 Å². The number of amides is 1. The number of aromatic nitrogens is 4. The lowest BCUT2D eigenvalue weighted by atomic mass is 10.1. The van der Waals surface area contributed by atoms with Crippen molar-refractivity contribution in [2.45, 2.75) is 38.1 Å². The predicted octanol–water partition coefficient (Wildman–Crippen LogP) is 3.27. The van der Waals surface area contributed by atoms with Gasteiger partial charge in [-0.3, -0.25) is 14.0 Å². The van der Waals surface area contributed by atoms with Crippen LogP contribution in [-0.2, 0) is 4.79 Å². The fourth-order valence-electron chi connectivity index (χ4n) is 3.48. The minimum Gasteiger partial charge on any atom is -0.355 e. The average Bonchev–Trinajstić information content (AvgIpc) is 3.14. The largest absolute Gasteiger partial charge is 0.355 e. The summed E-state index contributed by atoms with van der Waals surface area (Å²) >= 11 is 1.32. The Hall–Kier alpha value is -3.13. The van der Waals surface area contributed by atoms with Crippen LogP contribution in [0.5, 0.6) is 0 Å². The molecule has 2 heterocycles. The van der Waals surface area contributed by atoms with Gasteiger partial charge in [-0.25, -0.2) is 4.57 Å². The fourth-order valence-corrected chi connectivity index (χ4v) is 4.36. The van der Waals surface area contributed by atoms with Gasteiger partial charge in [-0.2, -0.15) is 0 Å². The summed E-state index contributed by atoms with van der Waals surface area (Å²) in [7, 11) is 0. The third-order valence-electron chi connectivity index (χ3n) is 5.21. The molecule has 7 nitrogen and oxygen atoms in total. The quantitative estimate of drug-likeness (QED) is 0.500. The van der Waals surface area contributed by atoms with E-state index in [9.17, 15) is 9.59 Å². The van der Waals surface area contributed by atoms with Crippen molar-refractivity contribution in [2.75, 3.05) is 6.54 Å². The lowest BCUT2D eigenvalue weighted by molar-refractivity contribution is -0.120. The normalized spacial score (nSPS) is 12.4. The van der Waals surface area contributed by atoms with E-state index in [1.54, 1.807) is 10.6 Å². The summed E-state index contributed by atoms with van der Waals surface area (Å²) in [6.45, 7) is 8.30. The van der Waals surface area contributed by atoms with Crippen LogP contribution in [0.1, 0.15) is 25.0 Å². The molecule has 0 radical (unpaired) electrons. The summed E-state index contributed by atoms with van der Waals surface area (Å²) in [6, 6.07) is 13.3. The van der Waals surface area contributed by atoms with Gasteiger partial charge in [0.2, 0.25) is 11.7 Å². The van der Waals surface area contributed by atoms with Crippen LogP contribution in [0, 0.1) is 13.8 Å².